The van der Waals surface area contributed by atoms with Gasteiger partial charge in [0.05, 0.1) is 24.7 Å². The first kappa shape index (κ1) is 34.4. The zero-order valence-electron chi connectivity index (χ0n) is 26.6. The molecule has 5 amide bonds. The highest BCUT2D eigenvalue weighted by molar-refractivity contribution is 5.92. The summed E-state index contributed by atoms with van der Waals surface area (Å²) in [4.78, 5) is 58.8. The van der Waals surface area contributed by atoms with Gasteiger partial charge in [-0.15, -0.1) is 0 Å². The summed E-state index contributed by atoms with van der Waals surface area (Å²) in [6.07, 6.45) is 5.68. The average Bonchev–Trinajstić information content (AvgIpc) is 3.56. The molecule has 0 saturated heterocycles. The topological polar surface area (TPSA) is 183 Å². The van der Waals surface area contributed by atoms with Crippen LogP contribution in [0.5, 0.6) is 0 Å². The number of aromatic nitrogens is 2. The SMILES string of the molecule is CC(C)C[C@@H](C=NNC(N)=O)NC(=O)[C@H](Cc1cnc[nH]1)NC(=O)C(CNC(=O)Cc1cccc2ccccc12)Cc1ccccc1. The van der Waals surface area contributed by atoms with E-state index in [1.165, 1.54) is 12.5 Å². The van der Waals surface area contributed by atoms with E-state index in [-0.39, 0.29) is 37.1 Å². The number of amides is 5. The van der Waals surface area contributed by atoms with Crippen molar-refractivity contribution in [3.05, 3.63) is 102 Å². The Labute approximate surface area is 274 Å². The lowest BCUT2D eigenvalue weighted by Gasteiger charge is -2.25. The van der Waals surface area contributed by atoms with Gasteiger partial charge in [0, 0.05) is 31.1 Å². The van der Waals surface area contributed by atoms with Crippen LogP contribution in [0.15, 0.2) is 90.4 Å². The minimum absolute atomic E-state index is 0.0736. The molecule has 0 saturated carbocycles. The molecule has 3 aromatic carbocycles. The molecule has 12 nitrogen and oxygen atoms in total. The van der Waals surface area contributed by atoms with Gasteiger partial charge in [0.25, 0.3) is 0 Å². The van der Waals surface area contributed by atoms with Crippen molar-refractivity contribution in [2.45, 2.75) is 51.6 Å². The van der Waals surface area contributed by atoms with E-state index in [1.54, 1.807) is 6.20 Å². The van der Waals surface area contributed by atoms with Crippen LogP contribution in [0.25, 0.3) is 10.8 Å². The van der Waals surface area contributed by atoms with Gasteiger partial charge in [-0.1, -0.05) is 86.6 Å². The minimum Gasteiger partial charge on any atom is -0.355 e. The molecule has 0 spiro atoms. The number of primary amides is 1. The third-order valence-electron chi connectivity index (χ3n) is 7.57. The molecule has 3 atom stereocenters. The molecule has 0 aliphatic rings. The number of nitrogens with one attached hydrogen (secondary N) is 5. The van der Waals surface area contributed by atoms with Crippen LogP contribution in [0, 0.1) is 11.8 Å². The normalized spacial score (nSPS) is 13.2. The first-order valence-electron chi connectivity index (χ1n) is 15.6. The lowest BCUT2D eigenvalue weighted by atomic mass is 9.97. The third kappa shape index (κ3) is 11.1. The van der Waals surface area contributed by atoms with Crippen molar-refractivity contribution in [1.29, 1.82) is 0 Å². The molecular formula is C35H42N8O4. The molecule has 1 heterocycles. The van der Waals surface area contributed by atoms with Gasteiger partial charge >= 0.3 is 6.03 Å². The van der Waals surface area contributed by atoms with Gasteiger partial charge in [-0.3, -0.25) is 14.4 Å². The molecule has 0 radical (unpaired) electrons. The fourth-order valence-electron chi connectivity index (χ4n) is 5.33. The number of carbonyl (C=O) groups excluding carboxylic acids is 4. The van der Waals surface area contributed by atoms with Gasteiger partial charge in [-0.25, -0.2) is 15.2 Å². The second-order valence-corrected chi connectivity index (χ2v) is 11.8. The molecular weight excluding hydrogens is 596 g/mol. The van der Waals surface area contributed by atoms with Crippen molar-refractivity contribution in [3.8, 4) is 0 Å². The van der Waals surface area contributed by atoms with E-state index in [1.807, 2.05) is 86.6 Å². The Kier molecular flexibility index (Phi) is 12.6. The molecule has 0 fully saturated rings. The van der Waals surface area contributed by atoms with E-state index < -0.39 is 29.9 Å². The molecule has 246 valence electrons. The first-order valence-corrected chi connectivity index (χ1v) is 15.6. The van der Waals surface area contributed by atoms with Crippen molar-refractivity contribution >= 4 is 40.7 Å². The second kappa shape index (κ2) is 17.2. The van der Waals surface area contributed by atoms with Crippen LogP contribution < -0.4 is 27.1 Å². The molecule has 12 heteroatoms. The first-order chi connectivity index (χ1) is 22.7. The number of nitrogens with zero attached hydrogens (tertiary/aromatic N) is 2. The van der Waals surface area contributed by atoms with Gasteiger partial charge < -0.3 is 26.7 Å². The van der Waals surface area contributed by atoms with Crippen molar-refractivity contribution in [2.24, 2.45) is 22.7 Å². The van der Waals surface area contributed by atoms with E-state index in [4.69, 9.17) is 5.73 Å². The molecule has 0 aliphatic carbocycles. The second-order valence-electron chi connectivity index (χ2n) is 11.8. The summed E-state index contributed by atoms with van der Waals surface area (Å²) >= 11 is 0. The number of fused-ring (bicyclic) bond motifs is 1. The number of aromatic amines is 1. The molecule has 1 unspecified atom stereocenters. The summed E-state index contributed by atoms with van der Waals surface area (Å²) in [6, 6.07) is 20.9. The lowest BCUT2D eigenvalue weighted by Crippen LogP contribution is -2.53. The maximum Gasteiger partial charge on any atom is 0.332 e. The van der Waals surface area contributed by atoms with Crippen LogP contribution in [0.2, 0.25) is 0 Å². The lowest BCUT2D eigenvalue weighted by molar-refractivity contribution is -0.131. The number of nitrogens with two attached hydrogens (primary N) is 1. The zero-order chi connectivity index (χ0) is 33.6. The predicted octanol–water partition coefficient (Wildman–Crippen LogP) is 2.99. The van der Waals surface area contributed by atoms with Gasteiger partial charge in [0.2, 0.25) is 17.7 Å². The van der Waals surface area contributed by atoms with Crippen LogP contribution in [-0.2, 0) is 33.6 Å². The molecule has 1 aromatic heterocycles. The Morgan fingerprint density at radius 2 is 1.66 bits per heavy atom. The van der Waals surface area contributed by atoms with E-state index in [9.17, 15) is 19.2 Å². The summed E-state index contributed by atoms with van der Waals surface area (Å²) in [5.74, 6) is -1.52. The Hall–Kier alpha value is -5.52. The number of carbonyl (C=O) groups is 4. The fraction of sp³-hybridized carbons (Fsp3) is 0.314. The van der Waals surface area contributed by atoms with Gasteiger partial charge in [0.15, 0.2) is 0 Å². The van der Waals surface area contributed by atoms with E-state index in [0.29, 0.717) is 18.5 Å². The Morgan fingerprint density at radius 3 is 2.38 bits per heavy atom. The molecule has 47 heavy (non-hydrogen) atoms. The van der Waals surface area contributed by atoms with E-state index >= 15 is 0 Å². The Balaban J connectivity index is 1.50. The van der Waals surface area contributed by atoms with Crippen LogP contribution in [0.1, 0.15) is 37.1 Å². The molecule has 0 bridgehead atoms. The van der Waals surface area contributed by atoms with Crippen LogP contribution in [-0.4, -0.2) is 58.6 Å². The number of hydrogen-bond donors (Lipinski definition) is 6. The summed E-state index contributed by atoms with van der Waals surface area (Å²) in [6.45, 7) is 4.05. The Morgan fingerprint density at radius 1 is 0.915 bits per heavy atom. The molecule has 4 aromatic rings. The average molecular weight is 639 g/mol. The number of rotatable bonds is 16. The highest BCUT2D eigenvalue weighted by Gasteiger charge is 2.28. The van der Waals surface area contributed by atoms with Gasteiger partial charge in [0.1, 0.15) is 6.04 Å². The van der Waals surface area contributed by atoms with E-state index in [0.717, 1.165) is 21.9 Å². The van der Waals surface area contributed by atoms with Crippen LogP contribution in [0.3, 0.4) is 0 Å². The van der Waals surface area contributed by atoms with Crippen molar-refractivity contribution < 1.29 is 19.2 Å². The summed E-state index contributed by atoms with van der Waals surface area (Å²) in [5, 5.41) is 14.7. The summed E-state index contributed by atoms with van der Waals surface area (Å²) in [5.41, 5.74) is 9.72. The number of hydrogen-bond acceptors (Lipinski definition) is 6. The monoisotopic (exact) mass is 638 g/mol. The van der Waals surface area contributed by atoms with Crippen molar-refractivity contribution in [3.63, 3.8) is 0 Å². The van der Waals surface area contributed by atoms with Crippen molar-refractivity contribution in [1.82, 2.24) is 31.3 Å². The summed E-state index contributed by atoms with van der Waals surface area (Å²) < 4.78 is 0. The van der Waals surface area contributed by atoms with Crippen molar-refractivity contribution in [2.75, 3.05) is 6.54 Å². The number of H-pyrrole nitrogens is 1. The Bertz CT molecular complexity index is 1650. The maximum atomic E-state index is 13.9. The minimum atomic E-state index is -0.972. The number of hydrazone groups is 1. The van der Waals surface area contributed by atoms with Gasteiger partial charge in [-0.2, -0.15) is 5.10 Å². The quantitative estimate of drug-likeness (QED) is 0.0813. The van der Waals surface area contributed by atoms with Crippen LogP contribution in [0.4, 0.5) is 4.79 Å². The molecule has 4 rings (SSSR count). The number of benzene rings is 3. The maximum absolute atomic E-state index is 13.9. The largest absolute Gasteiger partial charge is 0.355 e. The number of imidazole rings is 1. The van der Waals surface area contributed by atoms with Gasteiger partial charge in [-0.05, 0) is 40.7 Å². The third-order valence-corrected chi connectivity index (χ3v) is 7.57. The predicted molar refractivity (Wildman–Crippen MR) is 181 cm³/mol. The van der Waals surface area contributed by atoms with Crippen LogP contribution >= 0.6 is 0 Å². The fourth-order valence-corrected chi connectivity index (χ4v) is 5.33. The smallest absolute Gasteiger partial charge is 0.332 e. The number of urea groups is 1. The highest BCUT2D eigenvalue weighted by atomic mass is 16.2. The highest BCUT2D eigenvalue weighted by Crippen LogP contribution is 2.19. The zero-order valence-corrected chi connectivity index (χ0v) is 26.6. The standard InChI is InChI=1S/C35H42N8O4/c1-23(2)15-29(21-40-43-35(36)47)41-34(46)31(18-28-20-37-22-39-28)42-33(45)27(16-24-9-4-3-5-10-24)19-38-32(44)17-26-13-8-12-25-11-6-7-14-30(25)26/h3-14,20-23,27,29,31H,15-19H2,1-2H3,(H,37,39)(H,38,44)(H,41,46)(H,42,45)(H3,36,43,47)/t27?,29-,31-/m0/s1. The molecule has 7 N–H and O–H groups in total. The summed E-state index contributed by atoms with van der Waals surface area (Å²) in [7, 11) is 0. The van der Waals surface area contributed by atoms with E-state index in [2.05, 4.69) is 36.4 Å². The molecule has 0 aliphatic heterocycles.